The minimum Gasteiger partial charge on any atom is -0.378 e. The molecule has 2 aromatic rings. The van der Waals surface area contributed by atoms with E-state index in [0.717, 1.165) is 11.3 Å². The smallest absolute Gasteiger partial charge is 0.224 e. The molecule has 0 bridgehead atoms. The zero-order chi connectivity index (χ0) is 20.8. The van der Waals surface area contributed by atoms with Crippen LogP contribution in [0, 0.1) is 5.82 Å². The van der Waals surface area contributed by atoms with Gasteiger partial charge in [0.2, 0.25) is 11.9 Å². The van der Waals surface area contributed by atoms with Crippen molar-refractivity contribution < 1.29 is 9.13 Å². The molecular formula is C21H26FN7O. The molecule has 0 unspecified atom stereocenters. The van der Waals surface area contributed by atoms with Crippen LogP contribution in [0.4, 0.5) is 10.2 Å². The maximum atomic E-state index is 13.3. The molecule has 4 rings (SSSR count). The van der Waals surface area contributed by atoms with Crippen molar-refractivity contribution in [2.75, 3.05) is 38.2 Å². The number of nitrogens with one attached hydrogen (secondary N) is 2. The molecule has 30 heavy (non-hydrogen) atoms. The Morgan fingerprint density at radius 2 is 2.17 bits per heavy atom. The quantitative estimate of drug-likeness (QED) is 0.518. The lowest BCUT2D eigenvalue weighted by Gasteiger charge is -2.27. The average Bonchev–Trinajstić information content (AvgIpc) is 3.50. The Morgan fingerprint density at radius 3 is 2.93 bits per heavy atom. The molecule has 0 radical (unpaired) electrons. The summed E-state index contributed by atoms with van der Waals surface area (Å²) in [4.78, 5) is 11.1. The van der Waals surface area contributed by atoms with Crippen LogP contribution in [0.1, 0.15) is 30.0 Å². The van der Waals surface area contributed by atoms with Crippen LogP contribution in [0.15, 0.2) is 46.4 Å². The van der Waals surface area contributed by atoms with Crippen molar-refractivity contribution in [1.29, 1.82) is 0 Å². The van der Waals surface area contributed by atoms with Gasteiger partial charge in [-0.2, -0.15) is 10.1 Å². The lowest BCUT2D eigenvalue weighted by molar-refractivity contribution is 0.0675. The molecule has 2 heterocycles. The summed E-state index contributed by atoms with van der Waals surface area (Å²) in [7, 11) is 0. The van der Waals surface area contributed by atoms with Gasteiger partial charge in [0, 0.05) is 30.8 Å². The Bertz CT molecular complexity index is 942. The maximum absolute atomic E-state index is 13.3. The van der Waals surface area contributed by atoms with Gasteiger partial charge >= 0.3 is 0 Å². The zero-order valence-corrected chi connectivity index (χ0v) is 16.7. The van der Waals surface area contributed by atoms with E-state index in [1.165, 1.54) is 25.0 Å². The number of aromatic amines is 1. The second-order valence-corrected chi connectivity index (χ2v) is 7.30. The predicted octanol–water partition coefficient (Wildman–Crippen LogP) is 2.55. The number of morpholine rings is 1. The molecule has 8 nitrogen and oxygen atoms in total. The minimum atomic E-state index is -0.263. The highest BCUT2D eigenvalue weighted by Crippen LogP contribution is 2.39. The number of rotatable bonds is 5. The van der Waals surface area contributed by atoms with E-state index in [-0.39, 0.29) is 11.8 Å². The molecule has 1 saturated carbocycles. The third-order valence-electron chi connectivity index (χ3n) is 4.88. The average molecular weight is 411 g/mol. The van der Waals surface area contributed by atoms with Gasteiger partial charge in [-0.05, 0) is 30.5 Å². The van der Waals surface area contributed by atoms with E-state index < -0.39 is 0 Å². The summed E-state index contributed by atoms with van der Waals surface area (Å²) < 4.78 is 18.7. The summed E-state index contributed by atoms with van der Waals surface area (Å²) >= 11 is 0. The van der Waals surface area contributed by atoms with Crippen molar-refractivity contribution in [2.24, 2.45) is 15.7 Å². The molecular weight excluding hydrogens is 385 g/mol. The van der Waals surface area contributed by atoms with Gasteiger partial charge in [-0.1, -0.05) is 24.3 Å². The number of halogens is 1. The molecule has 1 aliphatic carbocycles. The number of H-pyrrole nitrogens is 1. The van der Waals surface area contributed by atoms with Gasteiger partial charge in [-0.25, -0.2) is 9.38 Å². The van der Waals surface area contributed by atoms with Gasteiger partial charge in [0.25, 0.3) is 0 Å². The van der Waals surface area contributed by atoms with Gasteiger partial charge in [-0.3, -0.25) is 5.10 Å². The first-order valence-electron chi connectivity index (χ1n) is 10.1. The van der Waals surface area contributed by atoms with Crippen LogP contribution in [0.3, 0.4) is 0 Å². The summed E-state index contributed by atoms with van der Waals surface area (Å²) in [5.41, 5.74) is 8.02. The second-order valence-electron chi connectivity index (χ2n) is 7.30. The first-order valence-corrected chi connectivity index (χ1v) is 10.1. The number of nitrogens with zero attached hydrogens (tertiary/aromatic N) is 4. The molecule has 158 valence electrons. The zero-order valence-electron chi connectivity index (χ0n) is 16.7. The number of aliphatic imine (C=N–C) groups is 2. The number of guanidine groups is 2. The third-order valence-corrected chi connectivity index (χ3v) is 4.88. The van der Waals surface area contributed by atoms with Gasteiger partial charge in [0.15, 0.2) is 5.82 Å². The van der Waals surface area contributed by atoms with Crippen LogP contribution in [0.5, 0.6) is 0 Å². The Labute approximate surface area is 174 Å². The number of ether oxygens (including phenoxy) is 1. The molecule has 9 heteroatoms. The number of benzene rings is 1. The van der Waals surface area contributed by atoms with E-state index in [1.54, 1.807) is 6.07 Å². The molecule has 0 spiro atoms. The summed E-state index contributed by atoms with van der Waals surface area (Å²) in [6.07, 6.45) is 6.09. The highest BCUT2D eigenvalue weighted by Gasteiger charge is 2.25. The molecule has 2 aliphatic rings. The highest BCUT2D eigenvalue weighted by atomic mass is 19.1. The van der Waals surface area contributed by atoms with Crippen LogP contribution in [-0.4, -0.2) is 59.9 Å². The lowest BCUT2D eigenvalue weighted by atomic mass is 10.2. The Balaban J connectivity index is 1.43. The van der Waals surface area contributed by atoms with Crippen LogP contribution in [0.2, 0.25) is 0 Å². The van der Waals surface area contributed by atoms with Crippen LogP contribution < -0.4 is 11.1 Å². The third kappa shape index (κ3) is 5.66. The number of aromatic nitrogens is 2. The van der Waals surface area contributed by atoms with Gasteiger partial charge < -0.3 is 20.7 Å². The van der Waals surface area contributed by atoms with E-state index >= 15 is 0 Å². The fourth-order valence-corrected chi connectivity index (χ4v) is 3.17. The summed E-state index contributed by atoms with van der Waals surface area (Å²) in [5, 5.41) is 10.3. The summed E-state index contributed by atoms with van der Waals surface area (Å²) in [5.74, 6) is 1.72. The minimum absolute atomic E-state index is 0.225. The topological polar surface area (TPSA) is 104 Å². The highest BCUT2D eigenvalue weighted by molar-refractivity contribution is 6.00. The lowest BCUT2D eigenvalue weighted by Crippen LogP contribution is -2.41. The number of nitrogens with two attached hydrogens (primary N) is 1. The maximum Gasteiger partial charge on any atom is 0.224 e. The van der Waals surface area contributed by atoms with Crippen molar-refractivity contribution in [3.63, 3.8) is 0 Å². The van der Waals surface area contributed by atoms with Crippen molar-refractivity contribution in [2.45, 2.75) is 18.8 Å². The second kappa shape index (κ2) is 9.53. The molecule has 1 saturated heterocycles. The number of hydrogen-bond acceptors (Lipinski definition) is 3. The number of anilines is 1. The standard InChI is InChI=1S/C21H26FN7O/c22-17-5-1-3-15(13-17)4-2-8-24-21(29-9-11-30-12-10-29)26-20(23)25-19-14-18(27-28-19)16-6-7-16/h1-5,13-14,16H,6-12H2,(H4,23,24,25,26,27,28). The van der Waals surface area contributed by atoms with Gasteiger partial charge in [0.1, 0.15) is 5.82 Å². The normalized spacial score (nSPS) is 18.2. The Hall–Kier alpha value is -3.20. The van der Waals surface area contributed by atoms with Crippen LogP contribution in [-0.2, 0) is 4.74 Å². The van der Waals surface area contributed by atoms with Crippen molar-refractivity contribution in [1.82, 2.24) is 15.1 Å². The van der Waals surface area contributed by atoms with E-state index in [0.29, 0.717) is 50.5 Å². The fraction of sp³-hybridized carbons (Fsp3) is 0.381. The largest absolute Gasteiger partial charge is 0.378 e. The molecule has 0 amide bonds. The van der Waals surface area contributed by atoms with Gasteiger partial charge in [0.05, 0.1) is 19.8 Å². The molecule has 1 aromatic heterocycles. The SMILES string of the molecule is NC(=NC(=NCC=Cc1cccc(F)c1)N1CCOCC1)Nc1cc(C2CC2)[nH]n1. The van der Waals surface area contributed by atoms with Crippen LogP contribution >= 0.6 is 0 Å². The number of hydrogen-bond donors (Lipinski definition) is 3. The van der Waals surface area contributed by atoms with E-state index in [1.807, 2.05) is 29.2 Å². The van der Waals surface area contributed by atoms with Crippen molar-refractivity contribution in [3.05, 3.63) is 53.5 Å². The molecule has 1 aliphatic heterocycles. The first kappa shape index (κ1) is 20.1. The van der Waals surface area contributed by atoms with E-state index in [4.69, 9.17) is 10.5 Å². The fourth-order valence-electron chi connectivity index (χ4n) is 3.17. The Morgan fingerprint density at radius 1 is 1.33 bits per heavy atom. The Kier molecular flexibility index (Phi) is 6.38. The molecule has 2 fully saturated rings. The van der Waals surface area contributed by atoms with Gasteiger partial charge in [-0.15, -0.1) is 0 Å². The van der Waals surface area contributed by atoms with Crippen molar-refractivity contribution >= 4 is 23.8 Å². The molecule has 4 N–H and O–H groups in total. The monoisotopic (exact) mass is 411 g/mol. The van der Waals surface area contributed by atoms with Crippen LogP contribution in [0.25, 0.3) is 6.08 Å². The van der Waals surface area contributed by atoms with Crippen molar-refractivity contribution in [3.8, 4) is 0 Å². The molecule has 1 aromatic carbocycles. The summed E-state index contributed by atoms with van der Waals surface area (Å²) in [6, 6.07) is 8.38. The first-order chi connectivity index (χ1) is 14.7. The predicted molar refractivity (Wildman–Crippen MR) is 116 cm³/mol. The molecule has 0 atom stereocenters. The summed E-state index contributed by atoms with van der Waals surface area (Å²) in [6.45, 7) is 3.01. The van der Waals surface area contributed by atoms with E-state index in [9.17, 15) is 4.39 Å². The van der Waals surface area contributed by atoms with E-state index in [2.05, 4.69) is 25.5 Å².